The van der Waals surface area contributed by atoms with E-state index in [-0.39, 0.29) is 0 Å². The Bertz CT molecular complexity index is 261. The van der Waals surface area contributed by atoms with Crippen molar-refractivity contribution in [2.24, 2.45) is 0 Å². The first kappa shape index (κ1) is 13.6. The zero-order valence-electron chi connectivity index (χ0n) is 10.4. The van der Waals surface area contributed by atoms with Crippen LogP contribution in [0.25, 0.3) is 0 Å². The number of hydrogen-bond donors (Lipinski definition) is 1. The van der Waals surface area contributed by atoms with Crippen LogP contribution in [0.5, 0.6) is 0 Å². The monoisotopic (exact) mass is 237 g/mol. The summed E-state index contributed by atoms with van der Waals surface area (Å²) >= 11 is 1.90. The molecule has 90 valence electrons. The van der Waals surface area contributed by atoms with E-state index in [1.165, 1.54) is 24.2 Å². The molecule has 0 aliphatic rings. The summed E-state index contributed by atoms with van der Waals surface area (Å²) in [5.41, 5.74) is 1.47. The molecule has 0 spiro atoms. The molecule has 0 amide bonds. The minimum atomic E-state index is 0.674. The van der Waals surface area contributed by atoms with Gasteiger partial charge in [-0.05, 0) is 24.2 Å². The summed E-state index contributed by atoms with van der Waals surface area (Å²) < 4.78 is 0. The fraction of sp³-hybridized carbons (Fsp3) is 0.571. The largest absolute Gasteiger partial charge is 0.315 e. The molecule has 0 aliphatic carbocycles. The fourth-order valence-corrected chi connectivity index (χ4v) is 2.26. The Morgan fingerprint density at radius 1 is 1.25 bits per heavy atom. The molecule has 0 heterocycles. The minimum absolute atomic E-state index is 0.674. The van der Waals surface area contributed by atoms with Gasteiger partial charge in [0.25, 0.3) is 0 Å². The second-order valence-corrected chi connectivity index (χ2v) is 5.08. The smallest absolute Gasteiger partial charge is 0.00553 e. The topological polar surface area (TPSA) is 12.0 Å². The summed E-state index contributed by atoms with van der Waals surface area (Å²) in [7, 11) is 0. The van der Waals surface area contributed by atoms with Crippen LogP contribution in [0, 0.1) is 0 Å². The Morgan fingerprint density at radius 2 is 2.00 bits per heavy atom. The molecule has 0 aliphatic heterocycles. The normalized spacial score (nSPS) is 12.6. The predicted molar refractivity (Wildman–Crippen MR) is 75.3 cm³/mol. The van der Waals surface area contributed by atoms with Crippen molar-refractivity contribution in [2.45, 2.75) is 25.7 Å². The van der Waals surface area contributed by atoms with E-state index in [1.807, 2.05) is 11.8 Å². The summed E-state index contributed by atoms with van der Waals surface area (Å²) in [6, 6.07) is 10.9. The van der Waals surface area contributed by atoms with Gasteiger partial charge in [-0.25, -0.2) is 0 Å². The second kappa shape index (κ2) is 8.66. The summed E-state index contributed by atoms with van der Waals surface area (Å²) in [5, 5.41) is 3.55. The summed E-state index contributed by atoms with van der Waals surface area (Å²) in [6.07, 6.45) is 4.68. The van der Waals surface area contributed by atoms with Crippen molar-refractivity contribution in [1.29, 1.82) is 0 Å². The molecule has 0 saturated carbocycles. The first-order valence-corrected chi connectivity index (χ1v) is 7.52. The van der Waals surface area contributed by atoms with Gasteiger partial charge in [0, 0.05) is 18.8 Å². The lowest BCUT2D eigenvalue weighted by Gasteiger charge is -2.17. The van der Waals surface area contributed by atoms with E-state index in [0.717, 1.165) is 13.1 Å². The van der Waals surface area contributed by atoms with Crippen molar-refractivity contribution in [1.82, 2.24) is 5.32 Å². The van der Waals surface area contributed by atoms with Crippen molar-refractivity contribution in [2.75, 3.05) is 25.1 Å². The van der Waals surface area contributed by atoms with E-state index < -0.39 is 0 Å². The van der Waals surface area contributed by atoms with Gasteiger partial charge in [-0.2, -0.15) is 11.8 Å². The van der Waals surface area contributed by atoms with Crippen LogP contribution in [0.2, 0.25) is 0 Å². The van der Waals surface area contributed by atoms with Crippen LogP contribution in [0.3, 0.4) is 0 Å². The highest BCUT2D eigenvalue weighted by Crippen LogP contribution is 2.19. The molecule has 0 fully saturated rings. The maximum atomic E-state index is 3.55. The number of nitrogens with one attached hydrogen (secondary N) is 1. The van der Waals surface area contributed by atoms with Crippen molar-refractivity contribution in [3.8, 4) is 0 Å². The van der Waals surface area contributed by atoms with E-state index in [9.17, 15) is 0 Å². The fourth-order valence-electron chi connectivity index (χ4n) is 1.91. The molecule has 1 atom stereocenters. The minimum Gasteiger partial charge on any atom is -0.315 e. The molecule has 0 saturated heterocycles. The third kappa shape index (κ3) is 5.04. The Kier molecular flexibility index (Phi) is 7.35. The van der Waals surface area contributed by atoms with Gasteiger partial charge in [0.1, 0.15) is 0 Å². The molecule has 0 aromatic heterocycles. The maximum Gasteiger partial charge on any atom is 0.00553 e. The molecule has 1 aromatic carbocycles. The highest BCUT2D eigenvalue weighted by atomic mass is 32.2. The first-order valence-electron chi connectivity index (χ1n) is 6.13. The number of thioether (sulfide) groups is 1. The van der Waals surface area contributed by atoms with Crippen LogP contribution in [-0.2, 0) is 0 Å². The van der Waals surface area contributed by atoms with Crippen LogP contribution in [-0.4, -0.2) is 25.1 Å². The number of hydrogen-bond acceptors (Lipinski definition) is 2. The molecule has 1 unspecified atom stereocenters. The summed E-state index contributed by atoms with van der Waals surface area (Å²) in [4.78, 5) is 0. The van der Waals surface area contributed by atoms with E-state index in [1.54, 1.807) is 0 Å². The lowest BCUT2D eigenvalue weighted by atomic mass is 9.94. The quantitative estimate of drug-likeness (QED) is 0.694. The molecule has 1 rings (SSSR count). The Morgan fingerprint density at radius 3 is 2.62 bits per heavy atom. The van der Waals surface area contributed by atoms with E-state index in [0.29, 0.717) is 5.92 Å². The number of benzene rings is 1. The average molecular weight is 237 g/mol. The van der Waals surface area contributed by atoms with E-state index in [2.05, 4.69) is 48.8 Å². The van der Waals surface area contributed by atoms with Gasteiger partial charge in [0.15, 0.2) is 0 Å². The van der Waals surface area contributed by atoms with Crippen LogP contribution in [0.15, 0.2) is 30.3 Å². The molecule has 1 aromatic rings. The molecule has 0 radical (unpaired) electrons. The van der Waals surface area contributed by atoms with Gasteiger partial charge in [0.2, 0.25) is 0 Å². The molecule has 2 heteroatoms. The van der Waals surface area contributed by atoms with Crippen molar-refractivity contribution < 1.29 is 0 Å². The third-order valence-electron chi connectivity index (χ3n) is 2.78. The van der Waals surface area contributed by atoms with E-state index in [4.69, 9.17) is 0 Å². The van der Waals surface area contributed by atoms with Crippen molar-refractivity contribution in [3.05, 3.63) is 35.9 Å². The van der Waals surface area contributed by atoms with Gasteiger partial charge in [-0.15, -0.1) is 0 Å². The predicted octanol–water partition coefficient (Wildman–Crippen LogP) is 3.52. The zero-order valence-corrected chi connectivity index (χ0v) is 11.2. The van der Waals surface area contributed by atoms with Crippen molar-refractivity contribution >= 4 is 11.8 Å². The molecular formula is C14H23NS. The van der Waals surface area contributed by atoms with Gasteiger partial charge in [-0.1, -0.05) is 43.7 Å². The first-order chi connectivity index (χ1) is 7.88. The molecule has 0 bridgehead atoms. The highest BCUT2D eigenvalue weighted by molar-refractivity contribution is 7.98. The van der Waals surface area contributed by atoms with Crippen LogP contribution >= 0.6 is 11.8 Å². The summed E-state index contributed by atoms with van der Waals surface area (Å²) in [5.74, 6) is 1.88. The number of rotatable bonds is 8. The Balaban J connectivity index is 2.41. The van der Waals surface area contributed by atoms with Gasteiger partial charge < -0.3 is 5.32 Å². The lowest BCUT2D eigenvalue weighted by Crippen LogP contribution is -2.23. The molecular weight excluding hydrogens is 214 g/mol. The van der Waals surface area contributed by atoms with E-state index >= 15 is 0 Å². The Labute approximate surface area is 104 Å². The maximum absolute atomic E-state index is 3.55. The average Bonchev–Trinajstić information content (AvgIpc) is 2.34. The van der Waals surface area contributed by atoms with Gasteiger partial charge in [-0.3, -0.25) is 0 Å². The van der Waals surface area contributed by atoms with Crippen LogP contribution < -0.4 is 5.32 Å². The standard InChI is InChI=1S/C14H23NS/c1-3-7-14(12-15-10-11-16-2)13-8-5-4-6-9-13/h4-6,8-9,14-15H,3,7,10-12H2,1-2H3. The van der Waals surface area contributed by atoms with Crippen molar-refractivity contribution in [3.63, 3.8) is 0 Å². The Hall–Kier alpha value is -0.470. The van der Waals surface area contributed by atoms with Gasteiger partial charge >= 0.3 is 0 Å². The second-order valence-electron chi connectivity index (χ2n) is 4.09. The summed E-state index contributed by atoms with van der Waals surface area (Å²) in [6.45, 7) is 4.49. The van der Waals surface area contributed by atoms with Crippen LogP contribution in [0.4, 0.5) is 0 Å². The van der Waals surface area contributed by atoms with Crippen LogP contribution in [0.1, 0.15) is 31.2 Å². The van der Waals surface area contributed by atoms with Gasteiger partial charge in [0.05, 0.1) is 0 Å². The molecule has 1 N–H and O–H groups in total. The zero-order chi connectivity index (χ0) is 11.6. The SMILES string of the molecule is CCCC(CNCCSC)c1ccccc1. The molecule has 1 nitrogen and oxygen atoms in total. The third-order valence-corrected chi connectivity index (χ3v) is 3.39. The lowest BCUT2D eigenvalue weighted by molar-refractivity contribution is 0.556. The highest BCUT2D eigenvalue weighted by Gasteiger charge is 2.09. The molecule has 16 heavy (non-hydrogen) atoms.